The molecule has 21 heavy (non-hydrogen) atoms. The zero-order valence-corrected chi connectivity index (χ0v) is 12.6. The number of nitrogens with zero attached hydrogens (tertiary/aromatic N) is 1. The number of aliphatic hydroxyl groups excluding tert-OH is 1. The lowest BCUT2D eigenvalue weighted by molar-refractivity contribution is 0.169. The molecule has 0 fully saturated rings. The van der Waals surface area contributed by atoms with Crippen LogP contribution in [0.3, 0.4) is 0 Å². The summed E-state index contributed by atoms with van der Waals surface area (Å²) in [4.78, 5) is 2.12. The van der Waals surface area contributed by atoms with Crippen molar-refractivity contribution in [2.75, 3.05) is 18.5 Å². The zero-order valence-electron chi connectivity index (χ0n) is 12.6. The van der Waals surface area contributed by atoms with E-state index in [1.807, 2.05) is 7.05 Å². The number of hydrogen-bond donors (Lipinski definition) is 1. The number of aryl methyl sites for hydroxylation is 1. The number of benzene rings is 2. The van der Waals surface area contributed by atoms with Gasteiger partial charge >= 0.3 is 0 Å². The molecule has 2 nitrogen and oxygen atoms in total. The van der Waals surface area contributed by atoms with E-state index in [1.165, 1.54) is 17.7 Å². The highest BCUT2D eigenvalue weighted by atomic mass is 19.1. The van der Waals surface area contributed by atoms with Crippen LogP contribution in [0.15, 0.2) is 48.5 Å². The third-order valence-corrected chi connectivity index (χ3v) is 3.78. The fraction of sp³-hybridized carbons (Fsp3) is 0.333. The fourth-order valence-corrected chi connectivity index (χ4v) is 2.28. The highest BCUT2D eigenvalue weighted by molar-refractivity contribution is 5.46. The molecule has 0 spiro atoms. The predicted molar refractivity (Wildman–Crippen MR) is 85.1 cm³/mol. The minimum absolute atomic E-state index is 0.279. The van der Waals surface area contributed by atoms with E-state index in [0.29, 0.717) is 6.42 Å². The quantitative estimate of drug-likeness (QED) is 0.869. The largest absolute Gasteiger partial charge is 0.388 e. The van der Waals surface area contributed by atoms with Crippen LogP contribution >= 0.6 is 0 Å². The Kier molecular flexibility index (Phi) is 5.34. The van der Waals surface area contributed by atoms with E-state index in [0.717, 1.165) is 24.2 Å². The molecule has 0 amide bonds. The molecule has 1 N–H and O–H groups in total. The molecule has 0 saturated carbocycles. The van der Waals surface area contributed by atoms with Gasteiger partial charge < -0.3 is 10.0 Å². The maximum Gasteiger partial charge on any atom is 0.123 e. The Morgan fingerprint density at radius 2 is 1.67 bits per heavy atom. The molecule has 2 aromatic rings. The smallest absolute Gasteiger partial charge is 0.123 e. The molecule has 112 valence electrons. The van der Waals surface area contributed by atoms with Gasteiger partial charge in [0.2, 0.25) is 0 Å². The summed E-state index contributed by atoms with van der Waals surface area (Å²) in [6.07, 6.45) is 1.08. The molecule has 0 aliphatic heterocycles. The van der Waals surface area contributed by atoms with Crippen molar-refractivity contribution in [2.45, 2.75) is 25.9 Å². The van der Waals surface area contributed by atoms with E-state index in [2.05, 4.69) is 36.1 Å². The summed E-state index contributed by atoms with van der Waals surface area (Å²) in [6, 6.07) is 14.5. The lowest BCUT2D eigenvalue weighted by atomic mass is 10.1. The molecule has 3 heteroatoms. The van der Waals surface area contributed by atoms with E-state index >= 15 is 0 Å². The standard InChI is InChI=1S/C18H22FNO/c1-3-14-4-10-17(11-5-14)20(2)13-12-18(21)15-6-8-16(19)9-7-15/h4-11,18,21H,3,12-13H2,1-2H3. The Hall–Kier alpha value is -1.87. The van der Waals surface area contributed by atoms with Crippen molar-refractivity contribution in [2.24, 2.45) is 0 Å². The van der Waals surface area contributed by atoms with Crippen LogP contribution in [0.25, 0.3) is 0 Å². The van der Waals surface area contributed by atoms with Crippen LogP contribution < -0.4 is 4.90 Å². The molecule has 0 aliphatic carbocycles. The van der Waals surface area contributed by atoms with Gasteiger partial charge in [0.05, 0.1) is 6.10 Å². The Labute approximate surface area is 125 Å². The summed E-state index contributed by atoms with van der Waals surface area (Å²) in [5, 5.41) is 10.1. The predicted octanol–water partition coefficient (Wildman–Crippen LogP) is 3.95. The number of hydrogen-bond acceptors (Lipinski definition) is 2. The van der Waals surface area contributed by atoms with E-state index in [1.54, 1.807) is 12.1 Å². The SMILES string of the molecule is CCc1ccc(N(C)CCC(O)c2ccc(F)cc2)cc1. The summed E-state index contributed by atoms with van der Waals surface area (Å²) in [6.45, 7) is 2.88. The molecule has 1 atom stereocenters. The Morgan fingerprint density at radius 3 is 2.24 bits per heavy atom. The lowest BCUT2D eigenvalue weighted by Crippen LogP contribution is -2.20. The molecule has 2 rings (SSSR count). The molecule has 0 radical (unpaired) electrons. The second kappa shape index (κ2) is 7.23. The van der Waals surface area contributed by atoms with E-state index < -0.39 is 6.10 Å². The van der Waals surface area contributed by atoms with Gasteiger partial charge in [-0.1, -0.05) is 31.2 Å². The normalized spacial score (nSPS) is 12.2. The van der Waals surface area contributed by atoms with Crippen LogP contribution in [-0.2, 0) is 6.42 Å². The van der Waals surface area contributed by atoms with Gasteiger partial charge in [-0.15, -0.1) is 0 Å². The molecule has 1 unspecified atom stereocenters. The summed E-state index contributed by atoms with van der Waals surface area (Å²) in [5.41, 5.74) is 3.21. The van der Waals surface area contributed by atoms with Gasteiger partial charge in [-0.25, -0.2) is 4.39 Å². The van der Waals surface area contributed by atoms with Crippen LogP contribution in [0.5, 0.6) is 0 Å². The van der Waals surface area contributed by atoms with Crippen molar-refractivity contribution >= 4 is 5.69 Å². The van der Waals surface area contributed by atoms with Crippen molar-refractivity contribution in [3.63, 3.8) is 0 Å². The number of anilines is 1. The Bertz CT molecular complexity index is 550. The third-order valence-electron chi connectivity index (χ3n) is 3.78. The van der Waals surface area contributed by atoms with Gasteiger partial charge in [0, 0.05) is 19.3 Å². The number of rotatable bonds is 6. The van der Waals surface area contributed by atoms with Gasteiger partial charge in [0.1, 0.15) is 5.82 Å². The van der Waals surface area contributed by atoms with Gasteiger partial charge in [-0.3, -0.25) is 0 Å². The van der Waals surface area contributed by atoms with Crippen molar-refractivity contribution in [1.82, 2.24) is 0 Å². The molecular formula is C18H22FNO. The second-order valence-corrected chi connectivity index (χ2v) is 5.30. The van der Waals surface area contributed by atoms with Crippen molar-refractivity contribution in [3.05, 3.63) is 65.5 Å². The molecule has 2 aromatic carbocycles. The molecule has 0 heterocycles. The summed E-state index contributed by atoms with van der Waals surface area (Å²) in [7, 11) is 2.01. The minimum atomic E-state index is -0.567. The maximum atomic E-state index is 12.9. The first-order chi connectivity index (χ1) is 10.1. The highest BCUT2D eigenvalue weighted by Gasteiger charge is 2.09. The zero-order chi connectivity index (χ0) is 15.2. The van der Waals surface area contributed by atoms with Gasteiger partial charge in [-0.2, -0.15) is 0 Å². The monoisotopic (exact) mass is 287 g/mol. The maximum absolute atomic E-state index is 12.9. The second-order valence-electron chi connectivity index (χ2n) is 5.30. The average molecular weight is 287 g/mol. The van der Waals surface area contributed by atoms with Crippen molar-refractivity contribution < 1.29 is 9.50 Å². The minimum Gasteiger partial charge on any atom is -0.388 e. The van der Waals surface area contributed by atoms with Crippen LogP contribution in [0.2, 0.25) is 0 Å². The molecule has 0 aromatic heterocycles. The average Bonchev–Trinajstić information content (AvgIpc) is 2.53. The molecule has 0 aliphatic rings. The number of halogens is 1. The Morgan fingerprint density at radius 1 is 1.05 bits per heavy atom. The topological polar surface area (TPSA) is 23.5 Å². The van der Waals surface area contributed by atoms with Gasteiger partial charge in [0.25, 0.3) is 0 Å². The van der Waals surface area contributed by atoms with Crippen molar-refractivity contribution in [3.8, 4) is 0 Å². The summed E-state index contributed by atoms with van der Waals surface area (Å²) < 4.78 is 12.9. The van der Waals surface area contributed by atoms with Crippen LogP contribution in [-0.4, -0.2) is 18.7 Å². The first-order valence-electron chi connectivity index (χ1n) is 7.33. The molecule has 0 bridgehead atoms. The van der Waals surface area contributed by atoms with Crippen LogP contribution in [0, 0.1) is 5.82 Å². The van der Waals surface area contributed by atoms with E-state index in [4.69, 9.17) is 0 Å². The number of aliphatic hydroxyl groups is 1. The summed E-state index contributed by atoms with van der Waals surface area (Å²) in [5.74, 6) is -0.279. The summed E-state index contributed by atoms with van der Waals surface area (Å²) >= 11 is 0. The van der Waals surface area contributed by atoms with Crippen molar-refractivity contribution in [1.29, 1.82) is 0 Å². The Balaban J connectivity index is 1.90. The highest BCUT2D eigenvalue weighted by Crippen LogP contribution is 2.20. The van der Waals surface area contributed by atoms with Gasteiger partial charge in [-0.05, 0) is 48.2 Å². The fourth-order valence-electron chi connectivity index (χ4n) is 2.28. The molecule has 0 saturated heterocycles. The van der Waals surface area contributed by atoms with Crippen LogP contribution in [0.1, 0.15) is 30.6 Å². The van der Waals surface area contributed by atoms with Crippen LogP contribution in [0.4, 0.5) is 10.1 Å². The first-order valence-corrected chi connectivity index (χ1v) is 7.33. The molecular weight excluding hydrogens is 265 g/mol. The van der Waals surface area contributed by atoms with Gasteiger partial charge in [0.15, 0.2) is 0 Å². The lowest BCUT2D eigenvalue weighted by Gasteiger charge is -2.21. The first kappa shape index (κ1) is 15.5. The van der Waals surface area contributed by atoms with E-state index in [-0.39, 0.29) is 5.82 Å². The third kappa shape index (κ3) is 4.30. The van der Waals surface area contributed by atoms with E-state index in [9.17, 15) is 9.50 Å².